The van der Waals surface area contributed by atoms with Gasteiger partial charge in [-0.1, -0.05) is 127 Å². The monoisotopic (exact) mass is 652 g/mol. The summed E-state index contributed by atoms with van der Waals surface area (Å²) in [4.78, 5) is 2.31. The molecule has 0 saturated heterocycles. The molecule has 3 heteroatoms. The molecule has 0 saturated carbocycles. The third-order valence-corrected chi connectivity index (χ3v) is 9.96. The highest BCUT2D eigenvalue weighted by molar-refractivity contribution is 6.29. The molecule has 0 atom stereocenters. The van der Waals surface area contributed by atoms with Gasteiger partial charge in [0, 0.05) is 55.9 Å². The molecule has 0 spiro atoms. The van der Waals surface area contributed by atoms with Crippen molar-refractivity contribution in [2.45, 2.75) is 0 Å². The van der Waals surface area contributed by atoms with Gasteiger partial charge in [0.25, 0.3) is 0 Å². The Kier molecular flexibility index (Phi) is 6.81. The number of hydrogen-bond acceptors (Lipinski definition) is 2. The Morgan fingerprint density at radius 1 is 0.392 bits per heavy atom. The van der Waals surface area contributed by atoms with Crippen LogP contribution >= 0.6 is 0 Å². The Bertz CT molecular complexity index is 2780. The number of para-hydroxylation sites is 4. The second-order valence-electron chi connectivity index (χ2n) is 12.9. The number of aromatic nitrogens is 1. The third-order valence-electron chi connectivity index (χ3n) is 9.96. The second kappa shape index (κ2) is 11.9. The molecule has 10 rings (SSSR count). The largest absolute Gasteiger partial charge is 0.456 e. The van der Waals surface area contributed by atoms with E-state index in [1.54, 1.807) is 0 Å². The maximum absolute atomic E-state index is 6.68. The quantitative estimate of drug-likeness (QED) is 0.178. The Hall–Kier alpha value is -6.84. The van der Waals surface area contributed by atoms with Crippen LogP contribution in [-0.4, -0.2) is 4.57 Å². The number of furan rings is 1. The fraction of sp³-hybridized carbons (Fsp3) is 0. The summed E-state index contributed by atoms with van der Waals surface area (Å²) in [6, 6.07) is 68.9. The minimum absolute atomic E-state index is 0.874. The number of benzene rings is 8. The predicted molar refractivity (Wildman–Crippen MR) is 214 cm³/mol. The van der Waals surface area contributed by atoms with Crippen LogP contribution in [0.2, 0.25) is 0 Å². The fourth-order valence-corrected chi connectivity index (χ4v) is 7.80. The highest BCUT2D eigenvalue weighted by Gasteiger charge is 2.25. The molecule has 0 aliphatic rings. The number of nitrogens with zero attached hydrogens (tertiary/aromatic N) is 2. The first-order valence-corrected chi connectivity index (χ1v) is 17.4. The van der Waals surface area contributed by atoms with Gasteiger partial charge in [-0.25, -0.2) is 0 Å². The van der Waals surface area contributed by atoms with Crippen LogP contribution < -0.4 is 4.90 Å². The van der Waals surface area contributed by atoms with Crippen LogP contribution in [0.4, 0.5) is 17.1 Å². The summed E-state index contributed by atoms with van der Waals surface area (Å²) in [5.41, 5.74) is 13.2. The topological polar surface area (TPSA) is 21.3 Å². The van der Waals surface area contributed by atoms with Crippen molar-refractivity contribution in [2.24, 2.45) is 0 Å². The van der Waals surface area contributed by atoms with Gasteiger partial charge in [0.2, 0.25) is 0 Å². The molecule has 8 aromatic carbocycles. The summed E-state index contributed by atoms with van der Waals surface area (Å²) in [5, 5.41) is 4.68. The molecule has 0 unspecified atom stereocenters. The first kappa shape index (κ1) is 29.1. The summed E-state index contributed by atoms with van der Waals surface area (Å²) in [7, 11) is 0. The summed E-state index contributed by atoms with van der Waals surface area (Å²) in [6.07, 6.45) is 0. The second-order valence-corrected chi connectivity index (χ2v) is 12.9. The van der Waals surface area contributed by atoms with Gasteiger partial charge in [0.15, 0.2) is 0 Å². The summed E-state index contributed by atoms with van der Waals surface area (Å²) in [6.45, 7) is 0. The van der Waals surface area contributed by atoms with E-state index in [2.05, 4.69) is 198 Å². The van der Waals surface area contributed by atoms with Gasteiger partial charge in [-0.15, -0.1) is 0 Å². The maximum atomic E-state index is 6.68. The van der Waals surface area contributed by atoms with Gasteiger partial charge >= 0.3 is 0 Å². The normalized spacial score (nSPS) is 11.5. The van der Waals surface area contributed by atoms with E-state index in [0.717, 1.165) is 61.3 Å². The molecule has 0 aliphatic heterocycles. The van der Waals surface area contributed by atoms with Gasteiger partial charge in [0.05, 0.1) is 11.0 Å². The number of anilines is 3. The molecule has 10 aromatic rings. The van der Waals surface area contributed by atoms with Crippen molar-refractivity contribution >= 4 is 60.8 Å². The zero-order valence-corrected chi connectivity index (χ0v) is 27.8. The third kappa shape index (κ3) is 4.74. The standard InChI is InChI=1S/C48H32N2O/c1-5-16-33(17-6-1)39-25-15-26-41-46(39)48-42(50(41)37-22-11-4-12-23-37)32-44-47(40-24-13-14-27-43(40)51-44)45(48)34-28-30-38(31-29-34)49(35-18-7-2-8-19-35)36-20-9-3-10-21-36/h1-32H. The molecule has 0 radical (unpaired) electrons. The first-order chi connectivity index (χ1) is 25.3. The first-order valence-electron chi connectivity index (χ1n) is 17.4. The molecule has 2 aromatic heterocycles. The van der Waals surface area contributed by atoms with Crippen LogP contribution in [0.15, 0.2) is 199 Å². The van der Waals surface area contributed by atoms with Gasteiger partial charge in [0.1, 0.15) is 11.2 Å². The van der Waals surface area contributed by atoms with Crippen LogP contribution in [-0.2, 0) is 0 Å². The fourth-order valence-electron chi connectivity index (χ4n) is 7.80. The minimum Gasteiger partial charge on any atom is -0.456 e. The van der Waals surface area contributed by atoms with E-state index in [1.165, 1.54) is 27.5 Å². The highest BCUT2D eigenvalue weighted by Crippen LogP contribution is 2.49. The molecule has 0 fully saturated rings. The summed E-state index contributed by atoms with van der Waals surface area (Å²) in [5.74, 6) is 0. The van der Waals surface area contributed by atoms with E-state index >= 15 is 0 Å². The molecule has 240 valence electrons. The van der Waals surface area contributed by atoms with Crippen LogP contribution in [0.5, 0.6) is 0 Å². The lowest BCUT2D eigenvalue weighted by molar-refractivity contribution is 0.669. The average molecular weight is 653 g/mol. The van der Waals surface area contributed by atoms with Crippen molar-refractivity contribution in [2.75, 3.05) is 4.90 Å². The Balaban J connectivity index is 1.32. The van der Waals surface area contributed by atoms with Crippen molar-refractivity contribution in [1.29, 1.82) is 0 Å². The van der Waals surface area contributed by atoms with E-state index in [-0.39, 0.29) is 0 Å². The SMILES string of the molecule is c1ccc(-c2cccc3c2c2c(-c4ccc(N(c5ccccc5)c5ccccc5)cc4)c4c(cc2n3-c2ccccc2)oc2ccccc24)cc1. The zero-order chi connectivity index (χ0) is 33.7. The lowest BCUT2D eigenvalue weighted by atomic mass is 9.91. The average Bonchev–Trinajstić information content (AvgIpc) is 3.74. The summed E-state index contributed by atoms with van der Waals surface area (Å²) < 4.78 is 9.08. The molecule has 0 N–H and O–H groups in total. The number of hydrogen-bond donors (Lipinski definition) is 0. The molecular weight excluding hydrogens is 621 g/mol. The summed E-state index contributed by atoms with van der Waals surface area (Å²) >= 11 is 0. The highest BCUT2D eigenvalue weighted by atomic mass is 16.3. The Labute approximate surface area is 295 Å². The van der Waals surface area contributed by atoms with E-state index in [4.69, 9.17) is 4.42 Å². The molecular formula is C48H32N2O. The lowest BCUT2D eigenvalue weighted by Crippen LogP contribution is -2.09. The molecule has 0 amide bonds. The molecule has 51 heavy (non-hydrogen) atoms. The van der Waals surface area contributed by atoms with E-state index in [9.17, 15) is 0 Å². The van der Waals surface area contributed by atoms with Crippen molar-refractivity contribution in [3.63, 3.8) is 0 Å². The van der Waals surface area contributed by atoms with Crippen LogP contribution in [0, 0.1) is 0 Å². The van der Waals surface area contributed by atoms with Crippen molar-refractivity contribution in [3.05, 3.63) is 194 Å². The van der Waals surface area contributed by atoms with Crippen LogP contribution in [0.3, 0.4) is 0 Å². The predicted octanol–water partition coefficient (Wildman–Crippen LogP) is 13.5. The van der Waals surface area contributed by atoms with Gasteiger partial charge in [-0.2, -0.15) is 0 Å². The van der Waals surface area contributed by atoms with Crippen molar-refractivity contribution in [1.82, 2.24) is 4.57 Å². The van der Waals surface area contributed by atoms with Gasteiger partial charge < -0.3 is 13.9 Å². The number of fused-ring (bicyclic) bond motifs is 6. The molecule has 2 heterocycles. The van der Waals surface area contributed by atoms with Gasteiger partial charge in [-0.05, 0) is 77.4 Å². The lowest BCUT2D eigenvalue weighted by Gasteiger charge is -2.25. The maximum Gasteiger partial charge on any atom is 0.138 e. The van der Waals surface area contributed by atoms with Gasteiger partial charge in [-0.3, -0.25) is 0 Å². The minimum atomic E-state index is 0.874. The smallest absolute Gasteiger partial charge is 0.138 e. The van der Waals surface area contributed by atoms with Crippen LogP contribution in [0.1, 0.15) is 0 Å². The van der Waals surface area contributed by atoms with E-state index in [1.807, 2.05) is 6.07 Å². The Morgan fingerprint density at radius 2 is 0.980 bits per heavy atom. The van der Waals surface area contributed by atoms with Crippen molar-refractivity contribution in [3.8, 4) is 27.9 Å². The van der Waals surface area contributed by atoms with Crippen LogP contribution in [0.25, 0.3) is 71.7 Å². The molecule has 0 bridgehead atoms. The molecule has 0 aliphatic carbocycles. The van der Waals surface area contributed by atoms with Crippen molar-refractivity contribution < 1.29 is 4.42 Å². The van der Waals surface area contributed by atoms with E-state index < -0.39 is 0 Å². The zero-order valence-electron chi connectivity index (χ0n) is 27.8. The van der Waals surface area contributed by atoms with E-state index in [0.29, 0.717) is 0 Å². The molecule has 3 nitrogen and oxygen atoms in total. The Morgan fingerprint density at radius 3 is 1.67 bits per heavy atom. The number of rotatable bonds is 6.